The first kappa shape index (κ1) is 31.8. The summed E-state index contributed by atoms with van der Waals surface area (Å²) in [6, 6.07) is 23.0. The van der Waals surface area contributed by atoms with Gasteiger partial charge >= 0.3 is 239 Å². The van der Waals surface area contributed by atoms with Crippen molar-refractivity contribution < 1.29 is 0 Å². The van der Waals surface area contributed by atoms with Gasteiger partial charge in [-0.25, -0.2) is 0 Å². The van der Waals surface area contributed by atoms with Gasteiger partial charge in [0.2, 0.25) is 0 Å². The van der Waals surface area contributed by atoms with Crippen LogP contribution in [-0.2, 0) is 12.3 Å². The van der Waals surface area contributed by atoms with Gasteiger partial charge in [-0.05, 0) is 0 Å². The van der Waals surface area contributed by atoms with Crippen molar-refractivity contribution >= 4 is 26.3 Å². The summed E-state index contributed by atoms with van der Waals surface area (Å²) in [5, 5.41) is 0. The first-order valence-corrected chi connectivity index (χ1v) is 21.1. The van der Waals surface area contributed by atoms with Crippen LogP contribution in [0.1, 0.15) is 128 Å². The summed E-state index contributed by atoms with van der Waals surface area (Å²) < 4.78 is -1.97. The van der Waals surface area contributed by atoms with E-state index in [1.165, 1.54) is 127 Å². The maximum absolute atomic E-state index is 3.10. The van der Waals surface area contributed by atoms with E-state index in [-0.39, 0.29) is 0 Å². The maximum atomic E-state index is 3.10. The van der Waals surface area contributed by atoms with E-state index in [0.717, 1.165) is 0 Å². The minimum atomic E-state index is -1.97. The molecule has 0 aliphatic carbocycles. The molecule has 204 valence electrons. The third kappa shape index (κ3) is 13.4. The molecular formula is C34H56IP. The van der Waals surface area contributed by atoms with E-state index in [0.29, 0.717) is 0 Å². The molecule has 0 amide bonds. The van der Waals surface area contributed by atoms with Crippen LogP contribution in [0, 0.1) is 0 Å². The normalized spacial score (nSPS) is 12.9. The monoisotopic (exact) mass is 622 g/mol. The fraction of sp³-hybridized carbons (Fsp3) is 0.647. The van der Waals surface area contributed by atoms with Crippen LogP contribution in [-0.4, -0.2) is 12.3 Å². The fourth-order valence-corrected chi connectivity index (χ4v) is 15.5. The molecule has 0 atom stereocenters. The van der Waals surface area contributed by atoms with Crippen LogP contribution < -0.4 is 0 Å². The molecule has 0 aliphatic heterocycles. The van der Waals surface area contributed by atoms with Crippen LogP contribution in [0.4, 0.5) is 0 Å². The minimum absolute atomic E-state index is 1.31. The van der Waals surface area contributed by atoms with Gasteiger partial charge in [0.25, 0.3) is 0 Å². The summed E-state index contributed by atoms with van der Waals surface area (Å²) in [6.45, 7) is 4.63. The molecule has 0 N–H and O–H groups in total. The van der Waals surface area contributed by atoms with Crippen LogP contribution in [0.3, 0.4) is 0 Å². The number of unbranched alkanes of at least 4 members (excludes halogenated alkanes) is 14. The predicted molar refractivity (Wildman–Crippen MR) is 176 cm³/mol. The average Bonchev–Trinajstić information content (AvgIpc) is 2.88. The van der Waals surface area contributed by atoms with Crippen molar-refractivity contribution in [2.24, 2.45) is 0 Å². The number of hydrogen-bond acceptors (Lipinski definition) is 0. The van der Waals surface area contributed by atoms with Gasteiger partial charge in [-0.1, -0.05) is 0 Å². The first-order valence-electron chi connectivity index (χ1n) is 15.4. The third-order valence-corrected chi connectivity index (χ3v) is 18.1. The molecule has 0 saturated heterocycles. The van der Waals surface area contributed by atoms with Crippen LogP contribution in [0.5, 0.6) is 0 Å². The fourth-order valence-electron chi connectivity index (χ4n) is 5.85. The molecule has 2 aromatic carbocycles. The van der Waals surface area contributed by atoms with Crippen molar-refractivity contribution in [1.29, 1.82) is 0 Å². The first-order chi connectivity index (χ1) is 17.6. The van der Waals surface area contributed by atoms with Gasteiger partial charge in [0, 0.05) is 0 Å². The molecule has 0 aliphatic rings. The Morgan fingerprint density at radius 3 is 1.08 bits per heavy atom. The molecule has 36 heavy (non-hydrogen) atoms. The van der Waals surface area contributed by atoms with Gasteiger partial charge in [-0.15, -0.1) is 0 Å². The van der Waals surface area contributed by atoms with Gasteiger partial charge in [-0.3, -0.25) is 0 Å². The van der Waals surface area contributed by atoms with Crippen molar-refractivity contribution in [2.45, 2.75) is 129 Å². The summed E-state index contributed by atoms with van der Waals surface area (Å²) in [5.74, 6) is 0. The quantitative estimate of drug-likeness (QED) is 0.0696. The van der Waals surface area contributed by atoms with Crippen LogP contribution in [0.15, 0.2) is 60.7 Å². The molecule has 0 radical (unpaired) electrons. The summed E-state index contributed by atoms with van der Waals surface area (Å²) in [6.07, 6.45) is 28.2. The number of hydrogen-bond donors (Lipinski definition) is 0. The molecule has 2 rings (SSSR count). The zero-order chi connectivity index (χ0) is 25.8. The van der Waals surface area contributed by atoms with Crippen molar-refractivity contribution in [3.63, 3.8) is 0 Å². The van der Waals surface area contributed by atoms with Crippen molar-refractivity contribution in [1.82, 2.24) is 0 Å². The average molecular weight is 623 g/mol. The predicted octanol–water partition coefficient (Wildman–Crippen LogP) is 12.6. The van der Waals surface area contributed by atoms with E-state index in [4.69, 9.17) is 0 Å². The summed E-state index contributed by atoms with van der Waals surface area (Å²) in [4.78, 5) is 0. The molecular weight excluding hydrogens is 566 g/mol. The Balaban J connectivity index is 2.07. The SMILES string of the molecule is CCCCCCCCCCP(I)(CCCCCCCCCC)(Cc1ccccc1)Cc1ccccc1. The van der Waals surface area contributed by atoms with Gasteiger partial charge < -0.3 is 0 Å². The van der Waals surface area contributed by atoms with E-state index in [9.17, 15) is 0 Å². The second-order valence-corrected chi connectivity index (χ2v) is 24.9. The molecule has 0 spiro atoms. The van der Waals surface area contributed by atoms with E-state index in [2.05, 4.69) is 96.6 Å². The van der Waals surface area contributed by atoms with Crippen molar-refractivity contribution in [2.75, 3.05) is 12.3 Å². The van der Waals surface area contributed by atoms with E-state index in [1.54, 1.807) is 11.1 Å². The van der Waals surface area contributed by atoms with Crippen LogP contribution >= 0.6 is 26.3 Å². The standard InChI is InChI=1S/C34H56IP/c1-3-5-7-9-11-13-15-23-29-36(35,31-33-25-19-17-20-26-33,32-34-27-21-18-22-28-34)30-24-16-14-12-10-8-6-4-2/h17-22,25-28H,3-16,23-24,29-32H2,1-2H3. The Morgan fingerprint density at radius 2 is 0.750 bits per heavy atom. The van der Waals surface area contributed by atoms with Crippen LogP contribution in [0.25, 0.3) is 0 Å². The summed E-state index contributed by atoms with van der Waals surface area (Å²) >= 11 is 3.10. The van der Waals surface area contributed by atoms with Gasteiger partial charge in [0.1, 0.15) is 0 Å². The zero-order valence-electron chi connectivity index (χ0n) is 23.7. The van der Waals surface area contributed by atoms with Crippen molar-refractivity contribution in [3.8, 4) is 0 Å². The van der Waals surface area contributed by atoms with Crippen molar-refractivity contribution in [3.05, 3.63) is 71.8 Å². The molecule has 0 bridgehead atoms. The molecule has 0 heterocycles. The molecule has 0 unspecified atom stereocenters. The van der Waals surface area contributed by atoms with E-state index >= 15 is 0 Å². The molecule has 0 saturated carbocycles. The Kier molecular flexibility index (Phi) is 16.6. The summed E-state index contributed by atoms with van der Waals surface area (Å²) in [7, 11) is 0. The van der Waals surface area contributed by atoms with E-state index < -0.39 is 4.25 Å². The molecule has 0 fully saturated rings. The second-order valence-electron chi connectivity index (χ2n) is 11.5. The number of rotatable bonds is 22. The van der Waals surface area contributed by atoms with Gasteiger partial charge in [0.15, 0.2) is 0 Å². The third-order valence-electron chi connectivity index (χ3n) is 7.98. The summed E-state index contributed by atoms with van der Waals surface area (Å²) in [5.41, 5.74) is 3.14. The topological polar surface area (TPSA) is 0 Å². The molecule has 2 aromatic rings. The Hall–Kier alpha value is -0.400. The molecule has 2 heteroatoms. The Morgan fingerprint density at radius 1 is 0.444 bits per heavy atom. The van der Waals surface area contributed by atoms with Gasteiger partial charge in [-0.2, -0.15) is 0 Å². The number of benzene rings is 2. The molecule has 0 nitrogen and oxygen atoms in total. The number of halogens is 1. The molecule has 0 aromatic heterocycles. The second kappa shape index (κ2) is 18.8. The van der Waals surface area contributed by atoms with E-state index in [1.807, 2.05) is 0 Å². The zero-order valence-corrected chi connectivity index (χ0v) is 26.8. The Bertz CT molecular complexity index is 707. The Labute approximate surface area is 238 Å². The van der Waals surface area contributed by atoms with Gasteiger partial charge in [0.05, 0.1) is 0 Å². The van der Waals surface area contributed by atoms with Crippen LogP contribution in [0.2, 0.25) is 0 Å².